The van der Waals surface area contributed by atoms with Crippen molar-refractivity contribution in [1.82, 2.24) is 5.43 Å². The SMILES string of the molecule is Cc1cc(C(=NC2CC2)NN)c(F)cc1F. The van der Waals surface area contributed by atoms with E-state index in [2.05, 4.69) is 10.4 Å². The first-order valence-corrected chi connectivity index (χ1v) is 5.12. The Labute approximate surface area is 92.3 Å². The maximum atomic E-state index is 13.5. The Morgan fingerprint density at radius 3 is 2.62 bits per heavy atom. The fourth-order valence-electron chi connectivity index (χ4n) is 1.41. The number of aryl methyl sites for hydroxylation is 1. The van der Waals surface area contributed by atoms with Gasteiger partial charge in [0.25, 0.3) is 0 Å². The van der Waals surface area contributed by atoms with E-state index in [9.17, 15) is 8.78 Å². The molecule has 0 bridgehead atoms. The van der Waals surface area contributed by atoms with Gasteiger partial charge in [-0.2, -0.15) is 0 Å². The summed E-state index contributed by atoms with van der Waals surface area (Å²) in [5, 5.41) is 0. The number of nitrogens with one attached hydrogen (secondary N) is 1. The lowest BCUT2D eigenvalue weighted by Crippen LogP contribution is -2.32. The van der Waals surface area contributed by atoms with E-state index in [4.69, 9.17) is 5.84 Å². The zero-order valence-electron chi connectivity index (χ0n) is 8.93. The van der Waals surface area contributed by atoms with Gasteiger partial charge in [0.1, 0.15) is 17.5 Å². The molecular formula is C11H13F2N3. The fourth-order valence-corrected chi connectivity index (χ4v) is 1.41. The second kappa shape index (κ2) is 4.17. The molecule has 0 radical (unpaired) electrons. The van der Waals surface area contributed by atoms with Crippen molar-refractivity contribution in [2.75, 3.05) is 0 Å². The van der Waals surface area contributed by atoms with Crippen molar-refractivity contribution in [3.63, 3.8) is 0 Å². The summed E-state index contributed by atoms with van der Waals surface area (Å²) in [5.74, 6) is 4.36. The molecule has 0 heterocycles. The molecule has 0 saturated heterocycles. The Hall–Kier alpha value is -1.49. The molecule has 1 aliphatic carbocycles. The summed E-state index contributed by atoms with van der Waals surface area (Å²) >= 11 is 0. The smallest absolute Gasteiger partial charge is 0.145 e. The predicted molar refractivity (Wildman–Crippen MR) is 58.0 cm³/mol. The minimum Gasteiger partial charge on any atom is -0.308 e. The van der Waals surface area contributed by atoms with Gasteiger partial charge in [-0.15, -0.1) is 0 Å². The molecule has 3 nitrogen and oxygen atoms in total. The lowest BCUT2D eigenvalue weighted by atomic mass is 10.1. The number of rotatable bonds is 2. The van der Waals surface area contributed by atoms with Crippen LogP contribution >= 0.6 is 0 Å². The number of benzene rings is 1. The van der Waals surface area contributed by atoms with Crippen LogP contribution in [0.15, 0.2) is 17.1 Å². The van der Waals surface area contributed by atoms with Gasteiger partial charge < -0.3 is 5.43 Å². The highest BCUT2D eigenvalue weighted by molar-refractivity contribution is 5.99. The summed E-state index contributed by atoms with van der Waals surface area (Å²) in [6.07, 6.45) is 1.99. The number of aliphatic imine (C=N–C) groups is 1. The van der Waals surface area contributed by atoms with Crippen LogP contribution in [0.3, 0.4) is 0 Å². The van der Waals surface area contributed by atoms with Gasteiger partial charge in [0.2, 0.25) is 0 Å². The lowest BCUT2D eigenvalue weighted by molar-refractivity contribution is 0.575. The third-order valence-corrected chi connectivity index (χ3v) is 2.50. The zero-order chi connectivity index (χ0) is 11.7. The molecule has 16 heavy (non-hydrogen) atoms. The highest BCUT2D eigenvalue weighted by atomic mass is 19.1. The van der Waals surface area contributed by atoms with Gasteiger partial charge in [-0.1, -0.05) is 0 Å². The second-order valence-electron chi connectivity index (χ2n) is 3.93. The molecule has 1 fully saturated rings. The van der Waals surface area contributed by atoms with Crippen molar-refractivity contribution in [3.05, 3.63) is 34.9 Å². The van der Waals surface area contributed by atoms with Crippen molar-refractivity contribution >= 4 is 5.84 Å². The van der Waals surface area contributed by atoms with Crippen LogP contribution in [0.25, 0.3) is 0 Å². The van der Waals surface area contributed by atoms with E-state index in [-0.39, 0.29) is 17.4 Å². The molecule has 1 aliphatic rings. The van der Waals surface area contributed by atoms with E-state index < -0.39 is 11.6 Å². The summed E-state index contributed by atoms with van der Waals surface area (Å²) in [5.41, 5.74) is 2.95. The van der Waals surface area contributed by atoms with Crippen LogP contribution in [0.5, 0.6) is 0 Å². The van der Waals surface area contributed by atoms with Gasteiger partial charge in [-0.3, -0.25) is 4.99 Å². The molecule has 1 aromatic carbocycles. The molecule has 1 aromatic rings. The molecule has 3 N–H and O–H groups in total. The van der Waals surface area contributed by atoms with Crippen molar-refractivity contribution in [2.45, 2.75) is 25.8 Å². The Morgan fingerprint density at radius 2 is 2.06 bits per heavy atom. The number of hydrazine groups is 1. The monoisotopic (exact) mass is 225 g/mol. The fraction of sp³-hybridized carbons (Fsp3) is 0.364. The largest absolute Gasteiger partial charge is 0.308 e. The average Bonchev–Trinajstić information content (AvgIpc) is 3.04. The third-order valence-electron chi connectivity index (χ3n) is 2.50. The zero-order valence-corrected chi connectivity index (χ0v) is 8.93. The quantitative estimate of drug-likeness (QED) is 0.348. The van der Waals surface area contributed by atoms with Gasteiger partial charge >= 0.3 is 0 Å². The maximum absolute atomic E-state index is 13.5. The highest BCUT2D eigenvalue weighted by Crippen LogP contribution is 2.24. The van der Waals surface area contributed by atoms with E-state index in [0.29, 0.717) is 5.56 Å². The first kappa shape index (κ1) is 11.0. The van der Waals surface area contributed by atoms with Gasteiger partial charge in [-0.05, 0) is 31.4 Å². The molecule has 0 aliphatic heterocycles. The van der Waals surface area contributed by atoms with Gasteiger partial charge in [0.05, 0.1) is 11.6 Å². The molecular weight excluding hydrogens is 212 g/mol. The van der Waals surface area contributed by atoms with Crippen molar-refractivity contribution in [1.29, 1.82) is 0 Å². The van der Waals surface area contributed by atoms with E-state index in [0.717, 1.165) is 18.9 Å². The number of nitrogens with zero attached hydrogens (tertiary/aromatic N) is 1. The number of hydrogen-bond acceptors (Lipinski definition) is 2. The first-order chi connectivity index (χ1) is 7.61. The minimum absolute atomic E-state index is 0.216. The summed E-state index contributed by atoms with van der Waals surface area (Å²) in [6, 6.07) is 2.48. The third kappa shape index (κ3) is 2.19. The molecule has 0 amide bonds. The number of halogens is 2. The molecule has 2 rings (SSSR count). The molecule has 86 valence electrons. The predicted octanol–water partition coefficient (Wildman–Crippen LogP) is 1.65. The van der Waals surface area contributed by atoms with Crippen LogP contribution in [0.4, 0.5) is 8.78 Å². The maximum Gasteiger partial charge on any atom is 0.145 e. The normalized spacial score (nSPS) is 16.4. The Balaban J connectivity index is 2.40. The summed E-state index contributed by atoms with van der Waals surface area (Å²) in [4.78, 5) is 4.23. The van der Waals surface area contributed by atoms with Gasteiger partial charge in [0, 0.05) is 6.07 Å². The van der Waals surface area contributed by atoms with E-state index in [1.807, 2.05) is 0 Å². The highest BCUT2D eigenvalue weighted by Gasteiger charge is 2.22. The molecule has 1 saturated carbocycles. The van der Waals surface area contributed by atoms with Crippen LogP contribution in [-0.4, -0.2) is 11.9 Å². The molecule has 0 unspecified atom stereocenters. The summed E-state index contributed by atoms with van der Waals surface area (Å²) in [6.45, 7) is 1.57. The summed E-state index contributed by atoms with van der Waals surface area (Å²) in [7, 11) is 0. The van der Waals surface area contributed by atoms with Gasteiger partial charge in [-0.25, -0.2) is 14.6 Å². The number of hydrogen-bond donors (Lipinski definition) is 2. The molecule has 5 heteroatoms. The first-order valence-electron chi connectivity index (χ1n) is 5.12. The van der Waals surface area contributed by atoms with Gasteiger partial charge in [0.15, 0.2) is 0 Å². The van der Waals surface area contributed by atoms with E-state index in [1.54, 1.807) is 6.92 Å². The van der Waals surface area contributed by atoms with Crippen LogP contribution in [-0.2, 0) is 0 Å². The van der Waals surface area contributed by atoms with Crippen molar-refractivity contribution < 1.29 is 8.78 Å². The molecule has 0 aromatic heterocycles. The second-order valence-corrected chi connectivity index (χ2v) is 3.93. The van der Waals surface area contributed by atoms with E-state index >= 15 is 0 Å². The van der Waals surface area contributed by atoms with Crippen LogP contribution in [0, 0.1) is 18.6 Å². The Bertz CT molecular complexity index is 439. The lowest BCUT2D eigenvalue weighted by Gasteiger charge is -2.08. The van der Waals surface area contributed by atoms with Crippen molar-refractivity contribution in [2.24, 2.45) is 10.8 Å². The van der Waals surface area contributed by atoms with Crippen molar-refractivity contribution in [3.8, 4) is 0 Å². The molecule has 0 atom stereocenters. The number of nitrogens with two attached hydrogens (primary N) is 1. The van der Waals surface area contributed by atoms with Crippen LogP contribution in [0.2, 0.25) is 0 Å². The average molecular weight is 225 g/mol. The van der Waals surface area contributed by atoms with E-state index in [1.165, 1.54) is 6.07 Å². The number of amidine groups is 1. The Morgan fingerprint density at radius 1 is 1.38 bits per heavy atom. The Kier molecular flexibility index (Phi) is 2.87. The topological polar surface area (TPSA) is 50.4 Å². The summed E-state index contributed by atoms with van der Waals surface area (Å²) < 4.78 is 26.6. The van der Waals surface area contributed by atoms with Crippen LogP contribution in [0.1, 0.15) is 24.0 Å². The minimum atomic E-state index is -0.652. The standard InChI is InChI=1S/C11H13F2N3/c1-6-4-8(10(13)5-9(6)12)11(16-14)15-7-2-3-7/h4-5,7H,2-3,14H2,1H3,(H,15,16). The molecule has 0 spiro atoms. The van der Waals surface area contributed by atoms with Crippen LogP contribution < -0.4 is 11.3 Å².